The van der Waals surface area contributed by atoms with Gasteiger partial charge >= 0.3 is 0 Å². The van der Waals surface area contributed by atoms with Gasteiger partial charge in [0.1, 0.15) is 16.3 Å². The number of hydrogen-bond acceptors (Lipinski definition) is 5. The van der Waals surface area contributed by atoms with E-state index in [1.807, 2.05) is 0 Å². The summed E-state index contributed by atoms with van der Waals surface area (Å²) in [7, 11) is -5.58. The molecular weight excluding hydrogens is 368 g/mol. The van der Waals surface area contributed by atoms with Crippen molar-refractivity contribution in [2.45, 2.75) is 36.1 Å². The topological polar surface area (TPSA) is 118 Å². The second kappa shape index (κ2) is 7.44. The van der Waals surface area contributed by atoms with Crippen molar-refractivity contribution in [3.63, 3.8) is 0 Å². The van der Waals surface area contributed by atoms with Gasteiger partial charge in [-0.15, -0.1) is 0 Å². The molecule has 0 saturated carbocycles. The zero-order valence-corrected chi connectivity index (χ0v) is 16.2. The lowest BCUT2D eigenvalue weighted by atomic mass is 10.0. The Kier molecular flexibility index (Phi) is 5.92. The van der Waals surface area contributed by atoms with Crippen LogP contribution in [-0.2, 0) is 31.4 Å². The minimum Gasteiger partial charge on any atom is -0.342 e. The molecule has 0 unspecified atom stereocenters. The summed E-state index contributed by atoms with van der Waals surface area (Å²) in [5, 5.41) is 0. The smallest absolute Gasteiger partial charge is 0.243 e. The number of carbonyl (C=O) groups excluding carboxylic acids is 1. The molecule has 1 aromatic rings. The van der Waals surface area contributed by atoms with E-state index in [1.165, 1.54) is 31.1 Å². The van der Waals surface area contributed by atoms with E-state index in [1.54, 1.807) is 4.90 Å². The van der Waals surface area contributed by atoms with Gasteiger partial charge in [0.2, 0.25) is 26.0 Å². The molecule has 142 valence electrons. The highest BCUT2D eigenvalue weighted by Gasteiger charge is 2.28. The van der Waals surface area contributed by atoms with Gasteiger partial charge in [0.05, 0.1) is 0 Å². The van der Waals surface area contributed by atoms with Gasteiger partial charge in [0.15, 0.2) is 0 Å². The monoisotopic (exact) mass is 392 g/mol. The fourth-order valence-electron chi connectivity index (χ4n) is 2.85. The molecule has 1 amide bonds. The summed E-state index contributed by atoms with van der Waals surface area (Å²) in [5.41, 5.74) is 0. The molecule has 1 aromatic heterocycles. The first kappa shape index (κ1) is 19.9. The molecule has 0 aliphatic carbocycles. The Labute approximate surface area is 148 Å². The lowest BCUT2D eigenvalue weighted by Crippen LogP contribution is -2.40. The summed E-state index contributed by atoms with van der Waals surface area (Å²) in [6.07, 6.45) is 4.34. The Balaban J connectivity index is 2.33. The van der Waals surface area contributed by atoms with Crippen molar-refractivity contribution in [2.75, 3.05) is 27.2 Å². The van der Waals surface area contributed by atoms with Crippen LogP contribution in [0.4, 0.5) is 0 Å². The lowest BCUT2D eigenvalue weighted by molar-refractivity contribution is -0.133. The summed E-state index contributed by atoms with van der Waals surface area (Å²) in [5.74, 6) is 0.256. The van der Waals surface area contributed by atoms with Crippen LogP contribution in [0.3, 0.4) is 0 Å². The quantitative estimate of drug-likeness (QED) is 0.681. The van der Waals surface area contributed by atoms with E-state index in [4.69, 9.17) is 0 Å². The zero-order chi connectivity index (χ0) is 18.8. The third-order valence-corrected chi connectivity index (χ3v) is 7.27. The molecule has 1 atom stereocenters. The molecule has 9 nitrogen and oxygen atoms in total. The Morgan fingerprint density at radius 2 is 1.64 bits per heavy atom. The van der Waals surface area contributed by atoms with Gasteiger partial charge in [-0.2, -0.15) is 0 Å². The highest BCUT2D eigenvalue weighted by atomic mass is 32.2. The first-order valence-corrected chi connectivity index (χ1v) is 10.9. The maximum absolute atomic E-state index is 12.4. The van der Waals surface area contributed by atoms with Crippen LogP contribution in [0, 0.1) is 5.92 Å². The van der Waals surface area contributed by atoms with Gasteiger partial charge in [0, 0.05) is 25.5 Å². The van der Waals surface area contributed by atoms with Gasteiger partial charge < -0.3 is 9.47 Å². The average molecular weight is 393 g/mol. The highest BCUT2D eigenvalue weighted by Crippen LogP contribution is 2.22. The normalized spacial score (nSPS) is 19.2. The Hall–Kier alpha value is -1.43. The van der Waals surface area contributed by atoms with E-state index < -0.39 is 20.0 Å². The minimum atomic E-state index is -3.99. The second-order valence-electron chi connectivity index (χ2n) is 6.16. The third kappa shape index (κ3) is 4.40. The number of aromatic nitrogens is 1. The van der Waals surface area contributed by atoms with E-state index >= 15 is 0 Å². The summed E-state index contributed by atoms with van der Waals surface area (Å²) >= 11 is 0. The fourth-order valence-corrected chi connectivity index (χ4v) is 5.13. The molecule has 0 radical (unpaired) electrons. The van der Waals surface area contributed by atoms with E-state index in [0.717, 1.165) is 12.8 Å². The number of amides is 1. The van der Waals surface area contributed by atoms with Crippen molar-refractivity contribution >= 4 is 26.0 Å². The average Bonchev–Trinajstić information content (AvgIpc) is 3.00. The number of sulfonamides is 2. The van der Waals surface area contributed by atoms with Crippen molar-refractivity contribution in [3.05, 3.63) is 12.4 Å². The number of carbonyl (C=O) groups is 1. The maximum Gasteiger partial charge on any atom is 0.243 e. The van der Waals surface area contributed by atoms with Crippen LogP contribution in [-0.4, -0.2) is 59.4 Å². The minimum absolute atomic E-state index is 0.113. The molecule has 25 heavy (non-hydrogen) atoms. The van der Waals surface area contributed by atoms with E-state index in [0.29, 0.717) is 19.0 Å². The van der Waals surface area contributed by atoms with Crippen LogP contribution in [0.25, 0.3) is 0 Å². The number of piperidine rings is 1. The van der Waals surface area contributed by atoms with Gasteiger partial charge in [0.25, 0.3) is 0 Å². The van der Waals surface area contributed by atoms with Crippen LogP contribution >= 0.6 is 0 Å². The summed E-state index contributed by atoms with van der Waals surface area (Å²) in [6.45, 7) is 3.28. The predicted octanol–water partition coefficient (Wildman–Crippen LogP) is -0.437. The molecule has 1 saturated heterocycles. The molecule has 0 aromatic carbocycles. The van der Waals surface area contributed by atoms with E-state index in [9.17, 15) is 21.6 Å². The SMILES string of the molecule is CNS(=O)(=O)c1cn(CC(=O)N2CCC[C@H](C)C2)cc1S(=O)(=O)NC. The molecule has 1 fully saturated rings. The Morgan fingerprint density at radius 1 is 1.12 bits per heavy atom. The molecule has 2 heterocycles. The number of rotatable bonds is 6. The maximum atomic E-state index is 12.4. The summed E-state index contributed by atoms with van der Waals surface area (Å²) < 4.78 is 54.0. The van der Waals surface area contributed by atoms with E-state index in [-0.39, 0.29) is 22.2 Å². The largest absolute Gasteiger partial charge is 0.342 e. The summed E-state index contributed by atoms with van der Waals surface area (Å²) in [4.78, 5) is 13.4. The first-order chi connectivity index (χ1) is 11.6. The molecule has 1 aliphatic rings. The molecule has 0 bridgehead atoms. The van der Waals surface area contributed by atoms with Gasteiger partial charge in [-0.3, -0.25) is 4.79 Å². The van der Waals surface area contributed by atoms with Crippen LogP contribution in [0.15, 0.2) is 22.2 Å². The van der Waals surface area contributed by atoms with Gasteiger partial charge in [-0.1, -0.05) is 6.92 Å². The molecule has 2 rings (SSSR count). The second-order valence-corrected chi connectivity index (χ2v) is 9.87. The fraction of sp³-hybridized carbons (Fsp3) is 0.643. The van der Waals surface area contributed by atoms with E-state index in [2.05, 4.69) is 16.4 Å². The Bertz CT molecular complexity index is 793. The highest BCUT2D eigenvalue weighted by molar-refractivity contribution is 7.92. The van der Waals surface area contributed by atoms with Crippen molar-refractivity contribution in [2.24, 2.45) is 5.92 Å². The number of nitrogens with one attached hydrogen (secondary N) is 2. The van der Waals surface area contributed by atoms with Gasteiger partial charge in [-0.05, 0) is 32.9 Å². The third-order valence-electron chi connectivity index (χ3n) is 4.25. The lowest BCUT2D eigenvalue weighted by Gasteiger charge is -2.31. The molecule has 0 spiro atoms. The molecule has 11 heteroatoms. The zero-order valence-electron chi connectivity index (χ0n) is 14.5. The van der Waals surface area contributed by atoms with Crippen LogP contribution in [0.2, 0.25) is 0 Å². The van der Waals surface area contributed by atoms with Crippen molar-refractivity contribution in [1.29, 1.82) is 0 Å². The van der Waals surface area contributed by atoms with Crippen LogP contribution in [0.1, 0.15) is 19.8 Å². The van der Waals surface area contributed by atoms with Crippen LogP contribution < -0.4 is 9.44 Å². The van der Waals surface area contributed by atoms with Crippen LogP contribution in [0.5, 0.6) is 0 Å². The van der Waals surface area contributed by atoms with Crippen molar-refractivity contribution < 1.29 is 21.6 Å². The van der Waals surface area contributed by atoms with Crippen molar-refractivity contribution in [3.8, 4) is 0 Å². The predicted molar refractivity (Wildman–Crippen MR) is 91.9 cm³/mol. The Morgan fingerprint density at radius 3 is 2.08 bits per heavy atom. The number of hydrogen-bond donors (Lipinski definition) is 2. The molecular formula is C14H24N4O5S2. The van der Waals surface area contributed by atoms with Crippen molar-refractivity contribution in [1.82, 2.24) is 18.9 Å². The van der Waals surface area contributed by atoms with Gasteiger partial charge in [-0.25, -0.2) is 26.3 Å². The molecule has 1 aliphatic heterocycles. The summed E-state index contributed by atoms with van der Waals surface area (Å²) in [6, 6.07) is 0. The number of likely N-dealkylation sites (tertiary alicyclic amines) is 1. The number of nitrogens with zero attached hydrogens (tertiary/aromatic N) is 2. The standard InChI is InChI=1S/C14H24N4O5S2/c1-11-5-4-6-18(7-11)14(19)10-17-8-12(24(20,21)15-2)13(9-17)25(22,23)16-3/h8-9,11,15-16H,4-7,10H2,1-3H3/t11-/m0/s1. The molecule has 2 N–H and O–H groups in total. The first-order valence-electron chi connectivity index (χ1n) is 7.95.